The van der Waals surface area contributed by atoms with Crippen LogP contribution in [-0.4, -0.2) is 9.55 Å². The van der Waals surface area contributed by atoms with E-state index >= 15 is 0 Å². The lowest BCUT2D eigenvalue weighted by molar-refractivity contribution is 0.622. The van der Waals surface area contributed by atoms with Gasteiger partial charge in [-0.25, -0.2) is 4.98 Å². The molecular weight excluding hydrogens is 601 g/mol. The summed E-state index contributed by atoms with van der Waals surface area (Å²) >= 11 is 0. The molecule has 0 aliphatic heterocycles. The standard InChI is InChI=1S/C44H28N4O/c45-29-30-16-21-37(22-17-30)48-41-27-20-33(28-39(41)38-25-26-40-43(42(38)48)49-44(46-40)32-10-4-1-5-11-32)31-18-23-36(24-19-31)47(34-12-6-2-7-13-34)35-14-8-3-9-15-35/h1-28H. The molecule has 0 spiro atoms. The maximum absolute atomic E-state index is 9.47. The van der Waals surface area contributed by atoms with Gasteiger partial charge in [0.2, 0.25) is 5.89 Å². The predicted molar refractivity (Wildman–Crippen MR) is 199 cm³/mol. The van der Waals surface area contributed by atoms with Crippen LogP contribution in [0, 0.1) is 11.3 Å². The number of para-hydroxylation sites is 2. The zero-order valence-electron chi connectivity index (χ0n) is 26.4. The minimum Gasteiger partial charge on any atom is -0.434 e. The SMILES string of the molecule is N#Cc1ccc(-n2c3ccc(-c4ccc(N(c5ccccc5)c5ccccc5)cc4)cc3c3ccc4nc(-c5ccccc5)oc4c32)cc1. The van der Waals surface area contributed by atoms with E-state index in [0.717, 1.165) is 72.3 Å². The van der Waals surface area contributed by atoms with E-state index in [0.29, 0.717) is 11.5 Å². The van der Waals surface area contributed by atoms with Gasteiger partial charge in [-0.3, -0.25) is 0 Å². The van der Waals surface area contributed by atoms with Gasteiger partial charge < -0.3 is 13.9 Å². The number of nitrogens with zero attached hydrogens (tertiary/aromatic N) is 4. The van der Waals surface area contributed by atoms with Gasteiger partial charge in [-0.15, -0.1) is 0 Å². The highest BCUT2D eigenvalue weighted by atomic mass is 16.3. The fraction of sp³-hybridized carbons (Fsp3) is 0. The van der Waals surface area contributed by atoms with Crippen molar-refractivity contribution < 1.29 is 4.42 Å². The Morgan fingerprint density at radius 3 is 1.82 bits per heavy atom. The van der Waals surface area contributed by atoms with Gasteiger partial charge in [-0.2, -0.15) is 5.26 Å². The highest BCUT2D eigenvalue weighted by Crippen LogP contribution is 2.40. The lowest BCUT2D eigenvalue weighted by Crippen LogP contribution is -2.09. The second-order valence-electron chi connectivity index (χ2n) is 12.0. The first-order valence-corrected chi connectivity index (χ1v) is 16.2. The molecule has 0 unspecified atom stereocenters. The fourth-order valence-corrected chi connectivity index (χ4v) is 6.73. The van der Waals surface area contributed by atoms with Crippen molar-refractivity contribution in [2.75, 3.05) is 4.90 Å². The quantitative estimate of drug-likeness (QED) is 0.184. The van der Waals surface area contributed by atoms with Crippen molar-refractivity contribution in [3.63, 3.8) is 0 Å². The molecule has 0 aliphatic carbocycles. The number of fused-ring (bicyclic) bond motifs is 5. The number of oxazole rings is 1. The van der Waals surface area contributed by atoms with Gasteiger partial charge >= 0.3 is 0 Å². The molecule has 9 rings (SSSR count). The van der Waals surface area contributed by atoms with Crippen molar-refractivity contribution in [2.45, 2.75) is 0 Å². The maximum atomic E-state index is 9.47. The highest BCUT2D eigenvalue weighted by Gasteiger charge is 2.20. The number of rotatable bonds is 6. The van der Waals surface area contributed by atoms with Crippen molar-refractivity contribution in [2.24, 2.45) is 0 Å². The Balaban J connectivity index is 1.20. The lowest BCUT2D eigenvalue weighted by Gasteiger charge is -2.25. The van der Waals surface area contributed by atoms with E-state index in [1.807, 2.05) is 72.8 Å². The van der Waals surface area contributed by atoms with Crippen LogP contribution in [0.15, 0.2) is 174 Å². The molecule has 2 heterocycles. The molecule has 0 fully saturated rings. The van der Waals surface area contributed by atoms with Crippen LogP contribution in [0.25, 0.3) is 61.2 Å². The minimum atomic E-state index is 0.584. The van der Waals surface area contributed by atoms with Crippen LogP contribution in [0.5, 0.6) is 0 Å². The fourth-order valence-electron chi connectivity index (χ4n) is 6.73. The molecule has 0 amide bonds. The first-order valence-electron chi connectivity index (χ1n) is 16.2. The van der Waals surface area contributed by atoms with Crippen LogP contribution in [-0.2, 0) is 0 Å². The van der Waals surface area contributed by atoms with E-state index in [1.54, 1.807) is 0 Å². The molecule has 7 aromatic carbocycles. The molecule has 0 saturated carbocycles. The molecule has 230 valence electrons. The molecule has 5 nitrogen and oxygen atoms in total. The molecule has 49 heavy (non-hydrogen) atoms. The largest absolute Gasteiger partial charge is 0.434 e. The number of aromatic nitrogens is 2. The Labute approximate surface area is 283 Å². The number of benzene rings is 7. The van der Waals surface area contributed by atoms with E-state index in [4.69, 9.17) is 9.40 Å². The molecular formula is C44H28N4O. The van der Waals surface area contributed by atoms with E-state index in [2.05, 4.69) is 113 Å². The summed E-state index contributed by atoms with van der Waals surface area (Å²) in [5, 5.41) is 11.7. The number of hydrogen-bond donors (Lipinski definition) is 0. The molecule has 0 bridgehead atoms. The maximum Gasteiger partial charge on any atom is 0.227 e. The van der Waals surface area contributed by atoms with Crippen LogP contribution in [0.1, 0.15) is 5.56 Å². The summed E-state index contributed by atoms with van der Waals surface area (Å²) < 4.78 is 8.76. The summed E-state index contributed by atoms with van der Waals surface area (Å²) in [5.41, 5.74) is 11.5. The van der Waals surface area contributed by atoms with E-state index < -0.39 is 0 Å². The van der Waals surface area contributed by atoms with Crippen molar-refractivity contribution in [3.8, 4) is 34.3 Å². The van der Waals surface area contributed by atoms with Gasteiger partial charge in [-0.1, -0.05) is 72.8 Å². The molecule has 0 aliphatic rings. The first-order chi connectivity index (χ1) is 24.2. The Morgan fingerprint density at radius 2 is 1.16 bits per heavy atom. The third-order valence-electron chi connectivity index (χ3n) is 9.05. The summed E-state index contributed by atoms with van der Waals surface area (Å²) in [6, 6.07) is 60.3. The Morgan fingerprint density at radius 1 is 0.551 bits per heavy atom. The molecule has 2 aromatic heterocycles. The average molecular weight is 629 g/mol. The molecule has 0 radical (unpaired) electrons. The molecule has 0 saturated heterocycles. The van der Waals surface area contributed by atoms with Crippen LogP contribution in [0.4, 0.5) is 17.1 Å². The topological polar surface area (TPSA) is 58.0 Å². The molecule has 0 N–H and O–H groups in total. The van der Waals surface area contributed by atoms with Crippen LogP contribution < -0.4 is 4.90 Å². The monoisotopic (exact) mass is 628 g/mol. The zero-order chi connectivity index (χ0) is 32.7. The lowest BCUT2D eigenvalue weighted by atomic mass is 10.0. The Hall–Kier alpha value is -6.90. The Kier molecular flexibility index (Phi) is 6.78. The third kappa shape index (κ3) is 4.91. The van der Waals surface area contributed by atoms with Crippen LogP contribution in [0.3, 0.4) is 0 Å². The first kappa shape index (κ1) is 28.3. The third-order valence-corrected chi connectivity index (χ3v) is 9.05. The second-order valence-corrected chi connectivity index (χ2v) is 12.0. The minimum absolute atomic E-state index is 0.584. The van der Waals surface area contributed by atoms with Crippen LogP contribution >= 0.6 is 0 Å². The second kappa shape index (κ2) is 11.7. The van der Waals surface area contributed by atoms with E-state index in [9.17, 15) is 5.26 Å². The van der Waals surface area contributed by atoms with E-state index in [1.165, 1.54) is 0 Å². The molecule has 0 atom stereocenters. The van der Waals surface area contributed by atoms with Gasteiger partial charge in [-0.05, 0) is 108 Å². The van der Waals surface area contributed by atoms with Gasteiger partial charge in [0.1, 0.15) is 5.52 Å². The summed E-state index contributed by atoms with van der Waals surface area (Å²) in [6.07, 6.45) is 0. The number of nitriles is 1. The van der Waals surface area contributed by atoms with Gasteiger partial charge in [0.05, 0.1) is 22.7 Å². The average Bonchev–Trinajstić information content (AvgIpc) is 3.76. The highest BCUT2D eigenvalue weighted by molar-refractivity contribution is 6.17. The Bertz CT molecular complexity index is 2590. The summed E-state index contributed by atoms with van der Waals surface area (Å²) in [5.74, 6) is 0.584. The molecule has 9 aromatic rings. The zero-order valence-corrected chi connectivity index (χ0v) is 26.4. The van der Waals surface area contributed by atoms with Crippen molar-refractivity contribution >= 4 is 50.0 Å². The number of anilines is 3. The van der Waals surface area contributed by atoms with Crippen LogP contribution in [0.2, 0.25) is 0 Å². The van der Waals surface area contributed by atoms with Gasteiger partial charge in [0.15, 0.2) is 5.58 Å². The normalized spacial score (nSPS) is 11.2. The van der Waals surface area contributed by atoms with Gasteiger partial charge in [0, 0.05) is 39.1 Å². The van der Waals surface area contributed by atoms with Crippen molar-refractivity contribution in [1.82, 2.24) is 9.55 Å². The predicted octanol–water partition coefficient (Wildman–Crippen LogP) is 11.6. The van der Waals surface area contributed by atoms with Gasteiger partial charge in [0.25, 0.3) is 0 Å². The van der Waals surface area contributed by atoms with Crippen molar-refractivity contribution in [3.05, 3.63) is 175 Å². The summed E-state index contributed by atoms with van der Waals surface area (Å²) in [6.45, 7) is 0. The summed E-state index contributed by atoms with van der Waals surface area (Å²) in [7, 11) is 0. The summed E-state index contributed by atoms with van der Waals surface area (Å²) in [4.78, 5) is 7.14. The smallest absolute Gasteiger partial charge is 0.227 e. The molecule has 5 heteroatoms. The number of hydrogen-bond acceptors (Lipinski definition) is 4. The van der Waals surface area contributed by atoms with Crippen molar-refractivity contribution in [1.29, 1.82) is 5.26 Å². The van der Waals surface area contributed by atoms with E-state index in [-0.39, 0.29) is 0 Å².